The maximum absolute atomic E-state index is 4.16. The number of rotatable bonds is 4. The number of hydrogen-bond acceptors (Lipinski definition) is 2. The molecule has 2 nitrogen and oxygen atoms in total. The monoisotopic (exact) mass is 266 g/mol. The molecule has 1 rings (SSSR count). The summed E-state index contributed by atoms with van der Waals surface area (Å²) in [6, 6.07) is 2.42. The van der Waals surface area contributed by atoms with Crippen LogP contribution in [0, 0.1) is 11.8 Å². The second kappa shape index (κ2) is 6.60. The van der Waals surface area contributed by atoms with Gasteiger partial charge in [-0.25, -0.2) is 0 Å². The Hall–Kier alpha value is -0.850. The molecule has 0 amide bonds. The van der Waals surface area contributed by atoms with Crippen molar-refractivity contribution in [2.75, 3.05) is 7.05 Å². The topological polar surface area (TPSA) is 24.9 Å². The minimum atomic E-state index is 0.329. The third-order valence-electron chi connectivity index (χ3n) is 2.21. The summed E-state index contributed by atoms with van der Waals surface area (Å²) in [5.41, 5.74) is 1.20. The van der Waals surface area contributed by atoms with E-state index in [1.807, 2.05) is 20.2 Å². The molecule has 0 radical (unpaired) electrons. The van der Waals surface area contributed by atoms with Crippen LogP contribution in [0.25, 0.3) is 0 Å². The highest BCUT2D eigenvalue weighted by Crippen LogP contribution is 2.20. The van der Waals surface area contributed by atoms with Crippen molar-refractivity contribution in [2.24, 2.45) is 0 Å². The Morgan fingerprint density at radius 3 is 2.93 bits per heavy atom. The van der Waals surface area contributed by atoms with Crippen LogP contribution in [0.15, 0.2) is 22.9 Å². The van der Waals surface area contributed by atoms with Crippen LogP contribution in [0.5, 0.6) is 0 Å². The van der Waals surface area contributed by atoms with E-state index >= 15 is 0 Å². The maximum atomic E-state index is 4.16. The summed E-state index contributed by atoms with van der Waals surface area (Å²) in [6.45, 7) is 1.87. The molecule has 0 aliphatic heterocycles. The van der Waals surface area contributed by atoms with Crippen molar-refractivity contribution in [3.05, 3.63) is 28.5 Å². The van der Waals surface area contributed by atoms with E-state index < -0.39 is 0 Å². The molecule has 80 valence electrons. The average Bonchev–Trinajstić information content (AvgIpc) is 2.24. The number of halogens is 1. The molecule has 15 heavy (non-hydrogen) atoms. The van der Waals surface area contributed by atoms with Gasteiger partial charge in [-0.15, -0.1) is 11.8 Å². The smallest absolute Gasteiger partial charge is 0.0410 e. The summed E-state index contributed by atoms with van der Waals surface area (Å²) in [5, 5.41) is 3.28. The van der Waals surface area contributed by atoms with Crippen LogP contribution < -0.4 is 5.32 Å². The molecule has 1 aromatic heterocycles. The van der Waals surface area contributed by atoms with Gasteiger partial charge in [0.1, 0.15) is 0 Å². The van der Waals surface area contributed by atoms with Gasteiger partial charge >= 0.3 is 0 Å². The standard InChI is InChI=1S/C12H15BrN2/c1-3-4-5-6-12(14-2)10-7-11(13)9-15-8-10/h7-9,12,14H,5-6H2,1-2H3. The minimum Gasteiger partial charge on any atom is -0.313 e. The molecule has 0 aliphatic carbocycles. The Morgan fingerprint density at radius 1 is 1.53 bits per heavy atom. The number of hydrogen-bond donors (Lipinski definition) is 1. The van der Waals surface area contributed by atoms with Crippen molar-refractivity contribution in [3.8, 4) is 11.8 Å². The Labute approximate surface area is 99.6 Å². The lowest BCUT2D eigenvalue weighted by Crippen LogP contribution is -2.16. The second-order valence-electron chi connectivity index (χ2n) is 3.24. The van der Waals surface area contributed by atoms with Crippen LogP contribution in [0.3, 0.4) is 0 Å². The van der Waals surface area contributed by atoms with Crippen molar-refractivity contribution >= 4 is 15.9 Å². The lowest BCUT2D eigenvalue weighted by molar-refractivity contribution is 0.556. The summed E-state index contributed by atoms with van der Waals surface area (Å²) in [6.07, 6.45) is 5.61. The first-order valence-electron chi connectivity index (χ1n) is 4.95. The lowest BCUT2D eigenvalue weighted by atomic mass is 10.0. The number of nitrogens with zero attached hydrogens (tertiary/aromatic N) is 1. The second-order valence-corrected chi connectivity index (χ2v) is 4.16. The van der Waals surface area contributed by atoms with Gasteiger partial charge in [-0.05, 0) is 48.0 Å². The highest BCUT2D eigenvalue weighted by Gasteiger charge is 2.08. The molecule has 1 unspecified atom stereocenters. The van der Waals surface area contributed by atoms with Crippen LogP contribution in [0.1, 0.15) is 31.4 Å². The van der Waals surface area contributed by atoms with Crippen LogP contribution in [0.4, 0.5) is 0 Å². The van der Waals surface area contributed by atoms with E-state index in [0.717, 1.165) is 17.3 Å². The molecule has 0 saturated heterocycles. The molecule has 1 aromatic rings. The zero-order chi connectivity index (χ0) is 11.1. The van der Waals surface area contributed by atoms with E-state index in [1.165, 1.54) is 5.56 Å². The summed E-state index contributed by atoms with van der Waals surface area (Å²) < 4.78 is 1.02. The van der Waals surface area contributed by atoms with Gasteiger partial charge in [0, 0.05) is 29.3 Å². The van der Waals surface area contributed by atoms with E-state index in [-0.39, 0.29) is 0 Å². The van der Waals surface area contributed by atoms with Gasteiger partial charge in [0.25, 0.3) is 0 Å². The Bertz CT molecular complexity index is 365. The van der Waals surface area contributed by atoms with E-state index in [0.29, 0.717) is 6.04 Å². The first-order chi connectivity index (χ1) is 7.27. The summed E-state index contributed by atoms with van der Waals surface area (Å²) in [5.74, 6) is 5.98. The first kappa shape index (κ1) is 12.2. The fraction of sp³-hybridized carbons (Fsp3) is 0.417. The Morgan fingerprint density at radius 2 is 2.33 bits per heavy atom. The zero-order valence-corrected chi connectivity index (χ0v) is 10.6. The molecular weight excluding hydrogens is 252 g/mol. The van der Waals surface area contributed by atoms with Crippen molar-refractivity contribution in [1.82, 2.24) is 10.3 Å². The maximum Gasteiger partial charge on any atom is 0.0410 e. The van der Waals surface area contributed by atoms with E-state index in [9.17, 15) is 0 Å². The molecule has 1 N–H and O–H groups in total. The molecule has 1 atom stereocenters. The molecule has 0 bridgehead atoms. The minimum absolute atomic E-state index is 0.329. The molecule has 3 heteroatoms. The molecular formula is C12H15BrN2. The van der Waals surface area contributed by atoms with Crippen molar-refractivity contribution in [1.29, 1.82) is 0 Å². The number of nitrogens with one attached hydrogen (secondary N) is 1. The fourth-order valence-electron chi connectivity index (χ4n) is 1.44. The predicted molar refractivity (Wildman–Crippen MR) is 66.4 cm³/mol. The third-order valence-corrected chi connectivity index (χ3v) is 2.65. The van der Waals surface area contributed by atoms with Gasteiger partial charge in [-0.2, -0.15) is 0 Å². The van der Waals surface area contributed by atoms with Gasteiger partial charge in [0.15, 0.2) is 0 Å². The van der Waals surface area contributed by atoms with E-state index in [4.69, 9.17) is 0 Å². The Balaban J connectivity index is 2.68. The Kier molecular flexibility index (Phi) is 5.38. The number of aromatic nitrogens is 1. The average molecular weight is 267 g/mol. The quantitative estimate of drug-likeness (QED) is 0.848. The fourth-order valence-corrected chi connectivity index (χ4v) is 1.82. The summed E-state index contributed by atoms with van der Waals surface area (Å²) in [7, 11) is 1.96. The van der Waals surface area contributed by atoms with Gasteiger partial charge < -0.3 is 5.32 Å². The number of pyridine rings is 1. The van der Waals surface area contributed by atoms with Crippen molar-refractivity contribution < 1.29 is 0 Å². The van der Waals surface area contributed by atoms with Crippen molar-refractivity contribution in [3.63, 3.8) is 0 Å². The zero-order valence-electron chi connectivity index (χ0n) is 9.05. The van der Waals surface area contributed by atoms with E-state index in [1.54, 1.807) is 6.20 Å². The molecule has 0 spiro atoms. The molecule has 0 aromatic carbocycles. The third kappa shape index (κ3) is 4.03. The normalized spacial score (nSPS) is 11.7. The van der Waals surface area contributed by atoms with E-state index in [2.05, 4.69) is 44.1 Å². The van der Waals surface area contributed by atoms with Gasteiger partial charge in [0.2, 0.25) is 0 Å². The molecule has 0 fully saturated rings. The van der Waals surface area contributed by atoms with Crippen LogP contribution in [-0.2, 0) is 0 Å². The summed E-state index contributed by atoms with van der Waals surface area (Å²) >= 11 is 3.42. The molecule has 0 saturated carbocycles. The highest BCUT2D eigenvalue weighted by atomic mass is 79.9. The predicted octanol–water partition coefficient (Wildman–Crippen LogP) is 2.91. The van der Waals surface area contributed by atoms with Gasteiger partial charge in [-0.3, -0.25) is 4.98 Å². The molecule has 1 heterocycles. The van der Waals surface area contributed by atoms with Crippen LogP contribution in [0.2, 0.25) is 0 Å². The lowest BCUT2D eigenvalue weighted by Gasteiger charge is -2.14. The van der Waals surface area contributed by atoms with Gasteiger partial charge in [-0.1, -0.05) is 0 Å². The highest BCUT2D eigenvalue weighted by molar-refractivity contribution is 9.10. The summed E-state index contributed by atoms with van der Waals surface area (Å²) in [4.78, 5) is 4.16. The molecule has 0 aliphatic rings. The first-order valence-corrected chi connectivity index (χ1v) is 5.74. The van der Waals surface area contributed by atoms with Gasteiger partial charge in [0.05, 0.1) is 0 Å². The largest absolute Gasteiger partial charge is 0.313 e. The van der Waals surface area contributed by atoms with Crippen LogP contribution >= 0.6 is 15.9 Å². The van der Waals surface area contributed by atoms with Crippen LogP contribution in [-0.4, -0.2) is 12.0 Å². The van der Waals surface area contributed by atoms with Crippen molar-refractivity contribution in [2.45, 2.75) is 25.8 Å². The SMILES string of the molecule is CC#CCCC(NC)c1cncc(Br)c1.